The van der Waals surface area contributed by atoms with Crippen molar-refractivity contribution in [3.63, 3.8) is 0 Å². The standard InChI is InChI=1S/C15H18N2O2/c1-2-9-17-10-3-4-14(17)15(19)16-11-12-5-7-13(18)8-6-12/h3-8,10,18H,2,9,11H2,1H3,(H,16,19). The predicted octanol–water partition coefficient (Wildman–Crippen LogP) is 2.53. The molecule has 1 aromatic carbocycles. The zero-order valence-electron chi connectivity index (χ0n) is 11.0. The Hall–Kier alpha value is -2.23. The summed E-state index contributed by atoms with van der Waals surface area (Å²) < 4.78 is 1.95. The van der Waals surface area contributed by atoms with Crippen molar-refractivity contribution in [1.82, 2.24) is 9.88 Å². The van der Waals surface area contributed by atoms with E-state index in [4.69, 9.17) is 0 Å². The molecule has 0 fully saturated rings. The van der Waals surface area contributed by atoms with Gasteiger partial charge < -0.3 is 15.0 Å². The largest absolute Gasteiger partial charge is 0.508 e. The van der Waals surface area contributed by atoms with Gasteiger partial charge >= 0.3 is 0 Å². The molecule has 0 spiro atoms. The van der Waals surface area contributed by atoms with Crippen molar-refractivity contribution in [2.75, 3.05) is 0 Å². The summed E-state index contributed by atoms with van der Waals surface area (Å²) >= 11 is 0. The van der Waals surface area contributed by atoms with Gasteiger partial charge in [-0.3, -0.25) is 4.79 Å². The topological polar surface area (TPSA) is 54.3 Å². The number of phenolic OH excluding ortho intramolecular Hbond substituents is 1. The molecular formula is C15H18N2O2. The number of hydrogen-bond acceptors (Lipinski definition) is 2. The SMILES string of the molecule is CCCn1cccc1C(=O)NCc1ccc(O)cc1. The molecule has 0 saturated carbocycles. The molecule has 0 aliphatic carbocycles. The van der Waals surface area contributed by atoms with E-state index in [1.807, 2.05) is 22.9 Å². The van der Waals surface area contributed by atoms with E-state index >= 15 is 0 Å². The van der Waals surface area contributed by atoms with Crippen LogP contribution in [0.25, 0.3) is 0 Å². The van der Waals surface area contributed by atoms with Crippen molar-refractivity contribution in [3.8, 4) is 5.75 Å². The maximum Gasteiger partial charge on any atom is 0.268 e. The van der Waals surface area contributed by atoms with Crippen molar-refractivity contribution in [2.45, 2.75) is 26.4 Å². The average Bonchev–Trinajstić information content (AvgIpc) is 2.86. The summed E-state index contributed by atoms with van der Waals surface area (Å²) in [4.78, 5) is 12.1. The van der Waals surface area contributed by atoms with E-state index in [0.717, 1.165) is 18.5 Å². The first-order valence-corrected chi connectivity index (χ1v) is 6.42. The number of aromatic hydroxyl groups is 1. The van der Waals surface area contributed by atoms with Crippen LogP contribution in [0.2, 0.25) is 0 Å². The van der Waals surface area contributed by atoms with Gasteiger partial charge in [-0.05, 0) is 36.2 Å². The summed E-state index contributed by atoms with van der Waals surface area (Å²) in [7, 11) is 0. The smallest absolute Gasteiger partial charge is 0.268 e. The van der Waals surface area contributed by atoms with Crippen LogP contribution in [0, 0.1) is 0 Å². The van der Waals surface area contributed by atoms with Crippen molar-refractivity contribution < 1.29 is 9.90 Å². The Labute approximate surface area is 112 Å². The molecule has 0 bridgehead atoms. The number of amides is 1. The third kappa shape index (κ3) is 3.37. The Balaban J connectivity index is 1.97. The molecule has 2 N–H and O–H groups in total. The molecule has 1 amide bonds. The second kappa shape index (κ2) is 6.09. The summed E-state index contributed by atoms with van der Waals surface area (Å²) in [6, 6.07) is 10.5. The van der Waals surface area contributed by atoms with Crippen molar-refractivity contribution >= 4 is 5.91 Å². The van der Waals surface area contributed by atoms with Crippen LogP contribution in [0.1, 0.15) is 29.4 Å². The average molecular weight is 258 g/mol. The van der Waals surface area contributed by atoms with Crippen LogP contribution in [0.4, 0.5) is 0 Å². The first-order valence-electron chi connectivity index (χ1n) is 6.42. The summed E-state index contributed by atoms with van der Waals surface area (Å²) in [6.45, 7) is 3.38. The minimum atomic E-state index is -0.0773. The van der Waals surface area contributed by atoms with E-state index in [9.17, 15) is 9.90 Å². The van der Waals surface area contributed by atoms with Crippen LogP contribution in [0.15, 0.2) is 42.6 Å². The van der Waals surface area contributed by atoms with Gasteiger partial charge in [0.15, 0.2) is 0 Å². The zero-order chi connectivity index (χ0) is 13.7. The molecule has 2 rings (SSSR count). The van der Waals surface area contributed by atoms with Crippen LogP contribution in [0.5, 0.6) is 5.75 Å². The minimum Gasteiger partial charge on any atom is -0.508 e. The molecule has 19 heavy (non-hydrogen) atoms. The second-order valence-corrected chi connectivity index (χ2v) is 4.44. The Bertz CT molecular complexity index is 544. The van der Waals surface area contributed by atoms with Gasteiger partial charge in [0.1, 0.15) is 11.4 Å². The zero-order valence-corrected chi connectivity index (χ0v) is 11.0. The number of benzene rings is 1. The molecule has 0 atom stereocenters. The highest BCUT2D eigenvalue weighted by Gasteiger charge is 2.09. The third-order valence-electron chi connectivity index (χ3n) is 2.92. The van der Waals surface area contributed by atoms with Gasteiger partial charge in [0.05, 0.1) is 0 Å². The highest BCUT2D eigenvalue weighted by molar-refractivity contribution is 5.92. The van der Waals surface area contributed by atoms with Crippen molar-refractivity contribution in [1.29, 1.82) is 0 Å². The number of aryl methyl sites for hydroxylation is 1. The van der Waals surface area contributed by atoms with E-state index in [1.165, 1.54) is 0 Å². The Kier molecular flexibility index (Phi) is 4.23. The number of nitrogens with zero attached hydrogens (tertiary/aromatic N) is 1. The van der Waals surface area contributed by atoms with Gasteiger partial charge in [-0.2, -0.15) is 0 Å². The molecule has 1 aromatic heterocycles. The van der Waals surface area contributed by atoms with Gasteiger partial charge in [-0.25, -0.2) is 0 Å². The number of phenols is 1. The fraction of sp³-hybridized carbons (Fsp3) is 0.267. The summed E-state index contributed by atoms with van der Waals surface area (Å²) in [5.74, 6) is 0.151. The number of hydrogen-bond donors (Lipinski definition) is 2. The number of aromatic nitrogens is 1. The van der Waals surface area contributed by atoms with E-state index in [2.05, 4.69) is 12.2 Å². The van der Waals surface area contributed by atoms with Gasteiger partial charge in [0.25, 0.3) is 5.91 Å². The third-order valence-corrected chi connectivity index (χ3v) is 2.92. The number of carbonyl (C=O) groups excluding carboxylic acids is 1. The molecule has 0 aliphatic heterocycles. The molecular weight excluding hydrogens is 240 g/mol. The summed E-state index contributed by atoms with van der Waals surface area (Å²) in [5.41, 5.74) is 1.64. The molecule has 0 radical (unpaired) electrons. The fourth-order valence-electron chi connectivity index (χ4n) is 1.94. The van der Waals surface area contributed by atoms with Crippen molar-refractivity contribution in [2.24, 2.45) is 0 Å². The summed E-state index contributed by atoms with van der Waals surface area (Å²) in [5, 5.41) is 12.1. The molecule has 0 unspecified atom stereocenters. The maximum atomic E-state index is 12.1. The van der Waals surface area contributed by atoms with E-state index in [-0.39, 0.29) is 11.7 Å². The molecule has 0 saturated heterocycles. The number of carbonyl (C=O) groups is 1. The Morgan fingerprint density at radius 2 is 2.00 bits per heavy atom. The first kappa shape index (κ1) is 13.2. The van der Waals surface area contributed by atoms with Crippen molar-refractivity contribution in [3.05, 3.63) is 53.9 Å². The maximum absolute atomic E-state index is 12.1. The van der Waals surface area contributed by atoms with Gasteiger partial charge in [0, 0.05) is 19.3 Å². The van der Waals surface area contributed by atoms with Gasteiger partial charge in [0.2, 0.25) is 0 Å². The Morgan fingerprint density at radius 3 is 2.68 bits per heavy atom. The fourth-order valence-corrected chi connectivity index (χ4v) is 1.94. The van der Waals surface area contributed by atoms with Crippen LogP contribution in [0.3, 0.4) is 0 Å². The van der Waals surface area contributed by atoms with Gasteiger partial charge in [-0.1, -0.05) is 19.1 Å². The lowest BCUT2D eigenvalue weighted by Gasteiger charge is -2.09. The molecule has 1 heterocycles. The molecule has 100 valence electrons. The number of rotatable bonds is 5. The highest BCUT2D eigenvalue weighted by Crippen LogP contribution is 2.10. The second-order valence-electron chi connectivity index (χ2n) is 4.44. The Morgan fingerprint density at radius 1 is 1.26 bits per heavy atom. The van der Waals surface area contributed by atoms with E-state index < -0.39 is 0 Å². The first-order chi connectivity index (χ1) is 9.20. The lowest BCUT2D eigenvalue weighted by molar-refractivity contribution is 0.0941. The van der Waals surface area contributed by atoms with Crippen LogP contribution in [-0.2, 0) is 13.1 Å². The number of nitrogens with one attached hydrogen (secondary N) is 1. The molecule has 4 nitrogen and oxygen atoms in total. The van der Waals surface area contributed by atoms with Gasteiger partial charge in [-0.15, -0.1) is 0 Å². The monoisotopic (exact) mass is 258 g/mol. The van der Waals surface area contributed by atoms with E-state index in [0.29, 0.717) is 12.2 Å². The van der Waals surface area contributed by atoms with Crippen LogP contribution < -0.4 is 5.32 Å². The highest BCUT2D eigenvalue weighted by atomic mass is 16.3. The molecule has 0 aliphatic rings. The van der Waals surface area contributed by atoms with Crippen LogP contribution >= 0.6 is 0 Å². The van der Waals surface area contributed by atoms with Crippen LogP contribution in [-0.4, -0.2) is 15.6 Å². The molecule has 2 aromatic rings. The van der Waals surface area contributed by atoms with E-state index in [1.54, 1.807) is 24.3 Å². The minimum absolute atomic E-state index is 0.0773. The lowest BCUT2D eigenvalue weighted by atomic mass is 10.2. The lowest BCUT2D eigenvalue weighted by Crippen LogP contribution is -2.25. The molecule has 4 heteroatoms. The quantitative estimate of drug-likeness (QED) is 0.866. The summed E-state index contributed by atoms with van der Waals surface area (Å²) in [6.07, 6.45) is 2.91. The normalized spacial score (nSPS) is 10.4. The predicted molar refractivity (Wildman–Crippen MR) is 74.0 cm³/mol.